The summed E-state index contributed by atoms with van der Waals surface area (Å²) in [5.74, 6) is 0. The van der Waals surface area contributed by atoms with Gasteiger partial charge in [0.2, 0.25) is 0 Å². The van der Waals surface area contributed by atoms with Gasteiger partial charge in [0.15, 0.2) is 0 Å². The van der Waals surface area contributed by atoms with E-state index in [9.17, 15) is 26.4 Å². The van der Waals surface area contributed by atoms with E-state index in [2.05, 4.69) is 0 Å². The summed E-state index contributed by atoms with van der Waals surface area (Å²) in [7, 11) is -4.18. The first-order valence-electron chi connectivity index (χ1n) is 6.69. The number of alkyl halides is 3. The molecule has 2 amide bonds. The lowest BCUT2D eigenvalue weighted by atomic mass is 10.1. The number of nitrogens with one attached hydrogen (secondary N) is 1. The van der Waals surface area contributed by atoms with E-state index in [1.165, 1.54) is 4.90 Å². The molecule has 1 saturated heterocycles. The summed E-state index contributed by atoms with van der Waals surface area (Å²) < 4.78 is 63.2. The van der Waals surface area contributed by atoms with Crippen molar-refractivity contribution in [1.29, 1.82) is 0 Å². The van der Waals surface area contributed by atoms with E-state index in [1.54, 1.807) is 0 Å². The second-order valence-corrected chi connectivity index (χ2v) is 6.66. The van der Waals surface area contributed by atoms with Gasteiger partial charge in [-0.05, 0) is 43.5 Å². The van der Waals surface area contributed by atoms with Crippen LogP contribution in [0.2, 0.25) is 0 Å². The SMILES string of the molecule is O=C(NS(=O)(=O)c1ccc(C(F)(F)F)cc1)N1CCCCC1. The zero-order chi connectivity index (χ0) is 16.4. The quantitative estimate of drug-likeness (QED) is 0.903. The van der Waals surface area contributed by atoms with Crippen LogP contribution in [0.15, 0.2) is 29.2 Å². The lowest BCUT2D eigenvalue weighted by Gasteiger charge is -2.26. The molecule has 0 aliphatic carbocycles. The largest absolute Gasteiger partial charge is 0.416 e. The maximum atomic E-state index is 12.4. The van der Waals surface area contributed by atoms with Crippen molar-refractivity contribution >= 4 is 16.1 Å². The maximum absolute atomic E-state index is 12.4. The molecule has 0 unspecified atom stereocenters. The van der Waals surface area contributed by atoms with Crippen molar-refractivity contribution in [3.05, 3.63) is 29.8 Å². The molecule has 0 spiro atoms. The zero-order valence-electron chi connectivity index (χ0n) is 11.6. The minimum Gasteiger partial charge on any atom is -0.324 e. The molecule has 2 rings (SSSR count). The third-order valence-electron chi connectivity index (χ3n) is 3.36. The summed E-state index contributed by atoms with van der Waals surface area (Å²) >= 11 is 0. The summed E-state index contributed by atoms with van der Waals surface area (Å²) in [6.45, 7) is 0.933. The molecule has 1 N–H and O–H groups in total. The van der Waals surface area contributed by atoms with Gasteiger partial charge in [0.1, 0.15) is 0 Å². The Labute approximate surface area is 126 Å². The van der Waals surface area contributed by atoms with Crippen molar-refractivity contribution < 1.29 is 26.4 Å². The normalized spacial score (nSPS) is 16.4. The summed E-state index contributed by atoms with van der Waals surface area (Å²) in [5, 5.41) is 0. The molecule has 1 heterocycles. The van der Waals surface area contributed by atoms with E-state index in [4.69, 9.17) is 0 Å². The van der Waals surface area contributed by atoms with Crippen LogP contribution in [-0.2, 0) is 16.2 Å². The average Bonchev–Trinajstić information content (AvgIpc) is 2.47. The van der Waals surface area contributed by atoms with Crippen LogP contribution in [0, 0.1) is 0 Å². The van der Waals surface area contributed by atoms with Crippen LogP contribution < -0.4 is 4.72 Å². The number of carbonyl (C=O) groups excluding carboxylic acids is 1. The highest BCUT2D eigenvalue weighted by molar-refractivity contribution is 7.90. The molecule has 1 aliphatic heterocycles. The molecule has 0 saturated carbocycles. The van der Waals surface area contributed by atoms with Gasteiger partial charge in [-0.2, -0.15) is 13.2 Å². The standard InChI is InChI=1S/C13H15F3N2O3S/c14-13(15,16)10-4-6-11(7-5-10)22(20,21)17-12(19)18-8-2-1-3-9-18/h4-7H,1-3,8-9H2,(H,17,19). The van der Waals surface area contributed by atoms with Crippen molar-refractivity contribution in [2.24, 2.45) is 0 Å². The van der Waals surface area contributed by atoms with Crippen molar-refractivity contribution in [1.82, 2.24) is 9.62 Å². The Hall–Kier alpha value is -1.77. The third-order valence-corrected chi connectivity index (χ3v) is 4.69. The monoisotopic (exact) mass is 336 g/mol. The topological polar surface area (TPSA) is 66.5 Å². The number of hydrogen-bond acceptors (Lipinski definition) is 3. The van der Waals surface area contributed by atoms with Crippen molar-refractivity contribution in [2.45, 2.75) is 30.3 Å². The first-order valence-corrected chi connectivity index (χ1v) is 8.17. The van der Waals surface area contributed by atoms with E-state index >= 15 is 0 Å². The first-order chi connectivity index (χ1) is 10.2. The maximum Gasteiger partial charge on any atom is 0.416 e. The van der Waals surface area contributed by atoms with Crippen LogP contribution in [0.1, 0.15) is 24.8 Å². The number of sulfonamides is 1. The Bertz CT molecular complexity index is 635. The second-order valence-electron chi connectivity index (χ2n) is 4.98. The van der Waals surface area contributed by atoms with Gasteiger partial charge in [-0.15, -0.1) is 0 Å². The molecule has 0 aromatic heterocycles. The van der Waals surface area contributed by atoms with Crippen LogP contribution in [0.3, 0.4) is 0 Å². The summed E-state index contributed by atoms with van der Waals surface area (Å²) in [4.78, 5) is 12.9. The molecule has 0 radical (unpaired) electrons. The molecule has 1 fully saturated rings. The second kappa shape index (κ2) is 6.15. The van der Waals surface area contributed by atoms with Gasteiger partial charge in [-0.25, -0.2) is 17.9 Å². The van der Waals surface area contributed by atoms with Crippen LogP contribution in [-0.4, -0.2) is 32.4 Å². The Morgan fingerprint density at radius 1 is 1.05 bits per heavy atom. The van der Waals surface area contributed by atoms with E-state index in [0.29, 0.717) is 25.2 Å². The van der Waals surface area contributed by atoms with E-state index in [0.717, 1.165) is 31.4 Å². The molecule has 122 valence electrons. The predicted octanol–water partition coefficient (Wildman–Crippen LogP) is 2.59. The molecule has 1 aromatic rings. The fraction of sp³-hybridized carbons (Fsp3) is 0.462. The number of amides is 2. The van der Waals surface area contributed by atoms with Crippen molar-refractivity contribution in [3.63, 3.8) is 0 Å². The lowest BCUT2D eigenvalue weighted by molar-refractivity contribution is -0.137. The van der Waals surface area contributed by atoms with Crippen LogP contribution >= 0.6 is 0 Å². The molecular formula is C13H15F3N2O3S. The van der Waals surface area contributed by atoms with Crippen LogP contribution in [0.25, 0.3) is 0 Å². The molecule has 1 aliphatic rings. The zero-order valence-corrected chi connectivity index (χ0v) is 12.4. The first kappa shape index (κ1) is 16.6. The van der Waals surface area contributed by atoms with Crippen LogP contribution in [0.5, 0.6) is 0 Å². The lowest BCUT2D eigenvalue weighted by Crippen LogP contribution is -2.45. The van der Waals surface area contributed by atoms with Crippen LogP contribution in [0.4, 0.5) is 18.0 Å². The number of benzene rings is 1. The van der Waals surface area contributed by atoms with E-state index in [1.807, 2.05) is 4.72 Å². The van der Waals surface area contributed by atoms with Crippen molar-refractivity contribution in [3.8, 4) is 0 Å². The van der Waals surface area contributed by atoms with Gasteiger partial charge < -0.3 is 4.90 Å². The highest BCUT2D eigenvalue weighted by atomic mass is 32.2. The third kappa shape index (κ3) is 3.90. The fourth-order valence-corrected chi connectivity index (χ4v) is 3.13. The summed E-state index contributed by atoms with van der Waals surface area (Å²) in [6.07, 6.45) is -1.96. The fourth-order valence-electron chi connectivity index (χ4n) is 2.16. The van der Waals surface area contributed by atoms with Crippen molar-refractivity contribution in [2.75, 3.05) is 13.1 Å². The number of nitrogens with zero attached hydrogens (tertiary/aromatic N) is 1. The minimum atomic E-state index is -4.54. The number of rotatable bonds is 2. The predicted molar refractivity (Wildman–Crippen MR) is 72.6 cm³/mol. The minimum absolute atomic E-state index is 0.383. The number of likely N-dealkylation sites (tertiary alicyclic amines) is 1. The molecular weight excluding hydrogens is 321 g/mol. The summed E-state index contributed by atoms with van der Waals surface area (Å²) in [6, 6.07) is 2.24. The van der Waals surface area contributed by atoms with Gasteiger partial charge >= 0.3 is 12.2 Å². The van der Waals surface area contributed by atoms with Gasteiger partial charge in [0.25, 0.3) is 10.0 Å². The molecule has 9 heteroatoms. The summed E-state index contributed by atoms with van der Waals surface area (Å²) in [5.41, 5.74) is -0.950. The number of urea groups is 1. The van der Waals surface area contributed by atoms with Gasteiger partial charge in [-0.1, -0.05) is 0 Å². The molecule has 0 bridgehead atoms. The molecule has 0 atom stereocenters. The number of halogens is 3. The van der Waals surface area contributed by atoms with Gasteiger partial charge in [-0.3, -0.25) is 0 Å². The van der Waals surface area contributed by atoms with E-state index < -0.39 is 27.8 Å². The highest BCUT2D eigenvalue weighted by Crippen LogP contribution is 2.29. The number of piperidine rings is 1. The Balaban J connectivity index is 2.11. The molecule has 22 heavy (non-hydrogen) atoms. The molecule has 5 nitrogen and oxygen atoms in total. The highest BCUT2D eigenvalue weighted by Gasteiger charge is 2.31. The van der Waals surface area contributed by atoms with Gasteiger partial charge in [0, 0.05) is 13.1 Å². The Morgan fingerprint density at radius 2 is 1.59 bits per heavy atom. The smallest absolute Gasteiger partial charge is 0.324 e. The Kier molecular flexibility index (Phi) is 4.64. The number of carbonyl (C=O) groups is 1. The van der Waals surface area contributed by atoms with E-state index in [-0.39, 0.29) is 4.90 Å². The number of hydrogen-bond donors (Lipinski definition) is 1. The average molecular weight is 336 g/mol. The molecule has 1 aromatic carbocycles. The Morgan fingerprint density at radius 3 is 2.09 bits per heavy atom. The van der Waals surface area contributed by atoms with Gasteiger partial charge in [0.05, 0.1) is 10.5 Å².